The second-order valence-electron chi connectivity index (χ2n) is 6.15. The van der Waals surface area contributed by atoms with Crippen molar-refractivity contribution >= 4 is 18.0 Å². The Bertz CT molecular complexity index is 457. The number of aliphatic carboxylic acids is 1. The van der Waals surface area contributed by atoms with Crippen LogP contribution in [0.15, 0.2) is 0 Å². The van der Waals surface area contributed by atoms with Crippen LogP contribution in [-0.4, -0.2) is 51.8 Å². The second kappa shape index (κ2) is 4.62. The van der Waals surface area contributed by atoms with E-state index in [9.17, 15) is 19.5 Å². The number of hydrogen-bond donors (Lipinski definition) is 2. The molecule has 0 aliphatic carbocycles. The van der Waals surface area contributed by atoms with E-state index in [0.717, 1.165) is 4.90 Å². The summed E-state index contributed by atoms with van der Waals surface area (Å²) in [6.07, 6.45) is -0.624. The minimum atomic E-state index is -1.14. The molecule has 0 radical (unpaired) electrons. The van der Waals surface area contributed by atoms with Crippen molar-refractivity contribution in [3.63, 3.8) is 0 Å². The van der Waals surface area contributed by atoms with Gasteiger partial charge in [-0.15, -0.1) is 0 Å². The van der Waals surface area contributed by atoms with Gasteiger partial charge in [0.15, 0.2) is 0 Å². The number of carbonyl (C=O) groups excluding carboxylic acids is 2. The molecular weight excluding hydrogens is 268 g/mol. The Morgan fingerprint density at radius 2 is 2.15 bits per heavy atom. The third-order valence-electron chi connectivity index (χ3n) is 3.18. The van der Waals surface area contributed by atoms with E-state index < -0.39 is 29.3 Å². The lowest BCUT2D eigenvalue weighted by Gasteiger charge is -2.27. The fourth-order valence-corrected chi connectivity index (χ4v) is 2.41. The average Bonchev–Trinajstić information content (AvgIpc) is 2.81. The molecule has 0 saturated carbocycles. The standard InChI is InChI=1S/C12H18N2O6/c1-11(2,3)19-10(18)14-6-12(4-7(14)9(16)17)5-8(15)13-20-12/h7H,4-6H2,1-3H3,(H,13,15)(H,16,17)/t7-,12-/m1/s1. The van der Waals surface area contributed by atoms with Gasteiger partial charge in [-0.25, -0.2) is 15.1 Å². The second-order valence-corrected chi connectivity index (χ2v) is 6.15. The number of rotatable bonds is 1. The first-order chi connectivity index (χ1) is 9.12. The number of likely N-dealkylation sites (tertiary alicyclic amines) is 1. The van der Waals surface area contributed by atoms with Gasteiger partial charge in [0.1, 0.15) is 17.2 Å². The molecule has 2 amide bonds. The summed E-state index contributed by atoms with van der Waals surface area (Å²) in [7, 11) is 0. The number of carboxylic acids is 1. The topological polar surface area (TPSA) is 105 Å². The molecule has 2 rings (SSSR count). The first-order valence-electron chi connectivity index (χ1n) is 6.31. The molecule has 8 nitrogen and oxygen atoms in total. The predicted molar refractivity (Wildman–Crippen MR) is 65.6 cm³/mol. The summed E-state index contributed by atoms with van der Waals surface area (Å²) in [5, 5.41) is 9.23. The van der Waals surface area contributed by atoms with Crippen molar-refractivity contribution in [2.45, 2.75) is 50.9 Å². The lowest BCUT2D eigenvalue weighted by molar-refractivity contribution is -0.142. The quantitative estimate of drug-likeness (QED) is 0.717. The molecule has 8 heteroatoms. The summed E-state index contributed by atoms with van der Waals surface area (Å²) in [6.45, 7) is 5.11. The summed E-state index contributed by atoms with van der Waals surface area (Å²) in [4.78, 5) is 40.9. The van der Waals surface area contributed by atoms with Gasteiger partial charge >= 0.3 is 12.1 Å². The molecular formula is C12H18N2O6. The zero-order valence-corrected chi connectivity index (χ0v) is 11.6. The molecule has 2 heterocycles. The number of ether oxygens (including phenoxy) is 1. The van der Waals surface area contributed by atoms with Gasteiger partial charge in [0.05, 0.1) is 13.0 Å². The first-order valence-corrected chi connectivity index (χ1v) is 6.31. The Morgan fingerprint density at radius 1 is 1.50 bits per heavy atom. The molecule has 0 aromatic carbocycles. The first kappa shape index (κ1) is 14.6. The van der Waals surface area contributed by atoms with Crippen molar-refractivity contribution in [3.05, 3.63) is 0 Å². The van der Waals surface area contributed by atoms with Crippen LogP contribution in [0.3, 0.4) is 0 Å². The Labute approximate surface area is 116 Å². The van der Waals surface area contributed by atoms with Gasteiger partial charge in [-0.1, -0.05) is 0 Å². The zero-order valence-electron chi connectivity index (χ0n) is 11.6. The summed E-state index contributed by atoms with van der Waals surface area (Å²) in [6, 6.07) is -1.06. The van der Waals surface area contributed by atoms with Crippen LogP contribution in [0.5, 0.6) is 0 Å². The van der Waals surface area contributed by atoms with E-state index in [-0.39, 0.29) is 25.3 Å². The van der Waals surface area contributed by atoms with E-state index in [1.807, 2.05) is 0 Å². The van der Waals surface area contributed by atoms with Gasteiger partial charge in [-0.2, -0.15) is 0 Å². The minimum absolute atomic E-state index is 0.0115. The third-order valence-corrected chi connectivity index (χ3v) is 3.18. The van der Waals surface area contributed by atoms with Crippen LogP contribution in [0.2, 0.25) is 0 Å². The summed E-state index contributed by atoms with van der Waals surface area (Å²) < 4.78 is 5.19. The number of nitrogens with zero attached hydrogens (tertiary/aromatic N) is 1. The van der Waals surface area contributed by atoms with Crippen LogP contribution in [-0.2, 0) is 19.2 Å². The molecule has 0 aromatic heterocycles. The summed E-state index contributed by atoms with van der Waals surface area (Å²) in [5.41, 5.74) is 0.512. The highest BCUT2D eigenvalue weighted by Crippen LogP contribution is 2.36. The van der Waals surface area contributed by atoms with E-state index in [1.165, 1.54) is 0 Å². The summed E-state index contributed by atoms with van der Waals surface area (Å²) in [5.74, 6) is -1.46. The lowest BCUT2D eigenvalue weighted by atomic mass is 9.97. The van der Waals surface area contributed by atoms with Crippen molar-refractivity contribution in [1.82, 2.24) is 10.4 Å². The van der Waals surface area contributed by atoms with Gasteiger partial charge in [-0.05, 0) is 20.8 Å². The number of carbonyl (C=O) groups is 3. The predicted octanol–water partition coefficient (Wildman–Crippen LogP) is 0.271. The van der Waals surface area contributed by atoms with Crippen molar-refractivity contribution in [2.24, 2.45) is 0 Å². The number of hydrogen-bond acceptors (Lipinski definition) is 5. The fraction of sp³-hybridized carbons (Fsp3) is 0.750. The molecule has 0 bridgehead atoms. The SMILES string of the molecule is CC(C)(C)OC(=O)N1C[C@]2(CC(=O)NO2)C[C@@H]1C(=O)O. The number of nitrogens with one attached hydrogen (secondary N) is 1. The van der Waals surface area contributed by atoms with Crippen LogP contribution in [0.4, 0.5) is 4.79 Å². The molecule has 2 fully saturated rings. The maximum atomic E-state index is 12.1. The van der Waals surface area contributed by atoms with Crippen LogP contribution in [0.25, 0.3) is 0 Å². The maximum Gasteiger partial charge on any atom is 0.411 e. The highest BCUT2D eigenvalue weighted by atomic mass is 16.7. The molecule has 112 valence electrons. The lowest BCUT2D eigenvalue weighted by Crippen LogP contribution is -2.44. The number of carboxylic acid groups (broad SMARTS) is 1. The van der Waals surface area contributed by atoms with Crippen molar-refractivity contribution in [3.8, 4) is 0 Å². The van der Waals surface area contributed by atoms with E-state index in [2.05, 4.69) is 5.48 Å². The van der Waals surface area contributed by atoms with Crippen molar-refractivity contribution < 1.29 is 29.1 Å². The van der Waals surface area contributed by atoms with Gasteiger partial charge < -0.3 is 9.84 Å². The van der Waals surface area contributed by atoms with Crippen molar-refractivity contribution in [2.75, 3.05) is 6.54 Å². The molecule has 2 aliphatic rings. The fourth-order valence-electron chi connectivity index (χ4n) is 2.41. The van der Waals surface area contributed by atoms with E-state index >= 15 is 0 Å². The van der Waals surface area contributed by atoms with Crippen LogP contribution < -0.4 is 5.48 Å². The highest BCUT2D eigenvalue weighted by molar-refractivity contribution is 5.83. The molecule has 1 spiro atoms. The van der Waals surface area contributed by atoms with E-state index in [1.54, 1.807) is 20.8 Å². The van der Waals surface area contributed by atoms with Gasteiger partial charge in [0.2, 0.25) is 5.91 Å². The molecule has 0 aromatic rings. The smallest absolute Gasteiger partial charge is 0.411 e. The Balaban J connectivity index is 2.16. The molecule has 20 heavy (non-hydrogen) atoms. The molecule has 2 atom stereocenters. The third kappa shape index (κ3) is 2.84. The Morgan fingerprint density at radius 3 is 2.60 bits per heavy atom. The molecule has 2 saturated heterocycles. The largest absolute Gasteiger partial charge is 0.480 e. The molecule has 0 unspecified atom stereocenters. The average molecular weight is 286 g/mol. The number of hydroxylamine groups is 1. The van der Waals surface area contributed by atoms with Crippen LogP contribution in [0.1, 0.15) is 33.6 Å². The molecule has 2 aliphatic heterocycles. The van der Waals surface area contributed by atoms with Crippen LogP contribution >= 0.6 is 0 Å². The van der Waals surface area contributed by atoms with Gasteiger partial charge in [-0.3, -0.25) is 14.5 Å². The zero-order chi connectivity index (χ0) is 15.1. The van der Waals surface area contributed by atoms with Crippen LogP contribution in [0, 0.1) is 0 Å². The van der Waals surface area contributed by atoms with Crippen molar-refractivity contribution in [1.29, 1.82) is 0 Å². The molecule has 2 N–H and O–H groups in total. The maximum absolute atomic E-state index is 12.1. The van der Waals surface area contributed by atoms with Gasteiger partial charge in [0, 0.05) is 6.42 Å². The van der Waals surface area contributed by atoms with E-state index in [0.29, 0.717) is 0 Å². The van der Waals surface area contributed by atoms with E-state index in [4.69, 9.17) is 9.57 Å². The van der Waals surface area contributed by atoms with Gasteiger partial charge in [0.25, 0.3) is 0 Å². The summed E-state index contributed by atoms with van der Waals surface area (Å²) >= 11 is 0. The Hall–Kier alpha value is -1.83. The normalized spacial score (nSPS) is 29.6. The monoisotopic (exact) mass is 286 g/mol. The Kier molecular flexibility index (Phi) is 3.37. The minimum Gasteiger partial charge on any atom is -0.480 e. The highest BCUT2D eigenvalue weighted by Gasteiger charge is 2.54. The number of amides is 2.